The molecule has 0 aliphatic carbocycles. The Morgan fingerprint density at radius 1 is 1.33 bits per heavy atom. The third-order valence-electron chi connectivity index (χ3n) is 2.20. The zero-order valence-corrected chi connectivity index (χ0v) is 10.5. The van der Waals surface area contributed by atoms with E-state index in [9.17, 15) is 8.42 Å². The maximum absolute atomic E-state index is 10.9. The van der Waals surface area contributed by atoms with E-state index in [1.165, 1.54) is 6.26 Å². The van der Waals surface area contributed by atoms with Gasteiger partial charge in [-0.3, -0.25) is 4.90 Å². The van der Waals surface area contributed by atoms with Crippen molar-refractivity contribution in [2.75, 3.05) is 25.1 Å². The van der Waals surface area contributed by atoms with E-state index in [1.54, 1.807) is 0 Å². The molecule has 15 heavy (non-hydrogen) atoms. The monoisotopic (exact) mass is 232 g/mol. The number of hydrogen-bond donors (Lipinski definition) is 0. The largest absolute Gasteiger partial charge is 0.300 e. The lowest BCUT2D eigenvalue weighted by Crippen LogP contribution is -2.33. The lowest BCUT2D eigenvalue weighted by atomic mass is 10.2. The molecule has 0 spiro atoms. The van der Waals surface area contributed by atoms with E-state index in [1.807, 2.05) is 0 Å². The van der Waals surface area contributed by atoms with Crippen molar-refractivity contribution in [1.82, 2.24) is 4.90 Å². The Hall–Kier alpha value is -0.600. The molecule has 0 N–H and O–H groups in total. The summed E-state index contributed by atoms with van der Waals surface area (Å²) in [5.41, 5.74) is 0. The standard InChI is InChI=1S/C10H20N2O2S/c1-10(2)12(7-4-6-11)8-5-9-15(3,13)14/h10H,4-5,7-9H2,1-3H3. The molecular weight excluding hydrogens is 212 g/mol. The van der Waals surface area contributed by atoms with E-state index in [-0.39, 0.29) is 5.75 Å². The van der Waals surface area contributed by atoms with Crippen LogP contribution in [0, 0.1) is 11.3 Å². The molecule has 0 unspecified atom stereocenters. The van der Waals surface area contributed by atoms with Gasteiger partial charge in [0.25, 0.3) is 0 Å². The van der Waals surface area contributed by atoms with E-state index in [0.29, 0.717) is 18.9 Å². The fourth-order valence-corrected chi connectivity index (χ4v) is 2.01. The summed E-state index contributed by atoms with van der Waals surface area (Å²) in [7, 11) is -2.86. The molecule has 0 fully saturated rings. The first-order chi connectivity index (χ1) is 6.87. The molecule has 0 aromatic rings. The fourth-order valence-electron chi connectivity index (χ4n) is 1.35. The van der Waals surface area contributed by atoms with Crippen molar-refractivity contribution >= 4 is 9.84 Å². The average molecular weight is 232 g/mol. The van der Waals surface area contributed by atoms with Crippen molar-refractivity contribution in [3.05, 3.63) is 0 Å². The van der Waals surface area contributed by atoms with Crippen molar-refractivity contribution in [2.24, 2.45) is 0 Å². The van der Waals surface area contributed by atoms with Crippen LogP contribution in [0.2, 0.25) is 0 Å². The highest BCUT2D eigenvalue weighted by atomic mass is 32.2. The summed E-state index contributed by atoms with van der Waals surface area (Å²) in [6, 6.07) is 2.46. The second-order valence-electron chi connectivity index (χ2n) is 4.02. The zero-order valence-electron chi connectivity index (χ0n) is 9.73. The highest BCUT2D eigenvalue weighted by molar-refractivity contribution is 7.90. The van der Waals surface area contributed by atoms with Crippen molar-refractivity contribution in [3.8, 4) is 6.07 Å². The molecule has 0 aromatic heterocycles. The molecule has 0 atom stereocenters. The average Bonchev–Trinajstić information content (AvgIpc) is 2.08. The van der Waals surface area contributed by atoms with E-state index in [0.717, 1.165) is 13.1 Å². The number of nitriles is 1. The van der Waals surface area contributed by atoms with Crippen LogP contribution in [-0.2, 0) is 9.84 Å². The first-order valence-corrected chi connectivity index (χ1v) is 7.21. The smallest absolute Gasteiger partial charge is 0.147 e. The summed E-state index contributed by atoms with van der Waals surface area (Å²) in [5, 5.41) is 8.48. The van der Waals surface area contributed by atoms with Crippen molar-refractivity contribution < 1.29 is 8.42 Å². The minimum atomic E-state index is -2.86. The van der Waals surface area contributed by atoms with Crippen LogP contribution in [0.25, 0.3) is 0 Å². The summed E-state index contributed by atoms with van der Waals surface area (Å²) in [6.07, 6.45) is 2.39. The van der Waals surface area contributed by atoms with Gasteiger partial charge in [-0.25, -0.2) is 8.42 Å². The van der Waals surface area contributed by atoms with E-state index < -0.39 is 9.84 Å². The Labute approximate surface area is 92.8 Å². The van der Waals surface area contributed by atoms with Crippen LogP contribution in [0.5, 0.6) is 0 Å². The minimum Gasteiger partial charge on any atom is -0.300 e. The Balaban J connectivity index is 3.92. The summed E-state index contributed by atoms with van der Waals surface area (Å²) < 4.78 is 21.9. The van der Waals surface area contributed by atoms with Crippen LogP contribution in [-0.4, -0.2) is 44.5 Å². The summed E-state index contributed by atoms with van der Waals surface area (Å²) in [6.45, 7) is 5.57. The number of nitrogens with zero attached hydrogens (tertiary/aromatic N) is 2. The van der Waals surface area contributed by atoms with E-state index in [4.69, 9.17) is 5.26 Å². The number of hydrogen-bond acceptors (Lipinski definition) is 4. The predicted molar refractivity (Wildman–Crippen MR) is 61.3 cm³/mol. The number of sulfone groups is 1. The van der Waals surface area contributed by atoms with Crippen LogP contribution in [0.15, 0.2) is 0 Å². The maximum Gasteiger partial charge on any atom is 0.147 e. The lowest BCUT2D eigenvalue weighted by Gasteiger charge is -2.25. The van der Waals surface area contributed by atoms with Gasteiger partial charge in [0.15, 0.2) is 0 Å². The highest BCUT2D eigenvalue weighted by Crippen LogP contribution is 2.02. The van der Waals surface area contributed by atoms with E-state index in [2.05, 4.69) is 24.8 Å². The summed E-state index contributed by atoms with van der Waals surface area (Å²) in [5.74, 6) is 0.225. The molecule has 0 aliphatic heterocycles. The van der Waals surface area contributed by atoms with Gasteiger partial charge in [0, 0.05) is 25.3 Å². The molecular formula is C10H20N2O2S. The van der Waals surface area contributed by atoms with Crippen LogP contribution in [0.4, 0.5) is 0 Å². The van der Waals surface area contributed by atoms with Gasteiger partial charge in [0.2, 0.25) is 0 Å². The van der Waals surface area contributed by atoms with Crippen LogP contribution >= 0.6 is 0 Å². The molecule has 88 valence electrons. The second-order valence-corrected chi connectivity index (χ2v) is 6.28. The van der Waals surface area contributed by atoms with Gasteiger partial charge in [-0.15, -0.1) is 0 Å². The molecule has 0 amide bonds. The molecule has 5 heteroatoms. The minimum absolute atomic E-state index is 0.225. The van der Waals surface area contributed by atoms with Gasteiger partial charge in [0.1, 0.15) is 9.84 Å². The van der Waals surface area contributed by atoms with Crippen molar-refractivity contribution in [3.63, 3.8) is 0 Å². The second kappa shape index (κ2) is 6.81. The Kier molecular flexibility index (Phi) is 6.53. The molecule has 0 bridgehead atoms. The summed E-state index contributed by atoms with van der Waals surface area (Å²) >= 11 is 0. The SMILES string of the molecule is CC(C)N(CCC#N)CCCS(C)(=O)=O. The first-order valence-electron chi connectivity index (χ1n) is 5.15. The third kappa shape index (κ3) is 8.40. The van der Waals surface area contributed by atoms with Crippen molar-refractivity contribution in [2.45, 2.75) is 32.7 Å². The Morgan fingerprint density at radius 2 is 1.93 bits per heavy atom. The van der Waals surface area contributed by atoms with Gasteiger partial charge < -0.3 is 0 Å². The molecule has 0 saturated heterocycles. The number of rotatable bonds is 7. The lowest BCUT2D eigenvalue weighted by molar-refractivity contribution is 0.227. The van der Waals surface area contributed by atoms with Gasteiger partial charge in [-0.2, -0.15) is 5.26 Å². The van der Waals surface area contributed by atoms with Crippen LogP contribution in [0.3, 0.4) is 0 Å². The zero-order chi connectivity index (χ0) is 11.9. The summed E-state index contributed by atoms with van der Waals surface area (Å²) in [4.78, 5) is 2.13. The molecule has 0 radical (unpaired) electrons. The molecule has 0 aromatic carbocycles. The fraction of sp³-hybridized carbons (Fsp3) is 0.900. The molecule has 0 saturated carbocycles. The van der Waals surface area contributed by atoms with Gasteiger partial charge in [0.05, 0.1) is 11.8 Å². The quantitative estimate of drug-likeness (QED) is 0.658. The van der Waals surface area contributed by atoms with Crippen LogP contribution in [0.1, 0.15) is 26.7 Å². The topological polar surface area (TPSA) is 61.2 Å². The Bertz CT molecular complexity index is 304. The predicted octanol–water partition coefficient (Wildman–Crippen LogP) is 1.05. The molecule has 4 nitrogen and oxygen atoms in total. The molecule has 0 aliphatic rings. The van der Waals surface area contributed by atoms with Gasteiger partial charge in [-0.05, 0) is 26.8 Å². The molecule has 0 rings (SSSR count). The maximum atomic E-state index is 10.9. The Morgan fingerprint density at radius 3 is 2.33 bits per heavy atom. The van der Waals surface area contributed by atoms with Gasteiger partial charge >= 0.3 is 0 Å². The van der Waals surface area contributed by atoms with Gasteiger partial charge in [-0.1, -0.05) is 0 Å². The first kappa shape index (κ1) is 14.4. The third-order valence-corrected chi connectivity index (χ3v) is 3.23. The molecule has 0 heterocycles. The van der Waals surface area contributed by atoms with Crippen LogP contribution < -0.4 is 0 Å². The van der Waals surface area contributed by atoms with E-state index >= 15 is 0 Å². The van der Waals surface area contributed by atoms with Crippen molar-refractivity contribution in [1.29, 1.82) is 5.26 Å². The highest BCUT2D eigenvalue weighted by Gasteiger charge is 2.10. The normalized spacial score (nSPS) is 12.0.